The van der Waals surface area contributed by atoms with Crippen LogP contribution in [0.2, 0.25) is 0 Å². The zero-order valence-corrected chi connectivity index (χ0v) is 11.4. The van der Waals surface area contributed by atoms with Crippen molar-refractivity contribution in [2.75, 3.05) is 0 Å². The molecule has 4 heteroatoms. The summed E-state index contributed by atoms with van der Waals surface area (Å²) in [5.74, 6) is 0.0318. The SMILES string of the molecule is Cc1n[nH]c(C)c1C(=O)NC1CCCCCCC1. The maximum atomic E-state index is 12.2. The molecule has 0 aliphatic heterocycles. The number of amides is 1. The average Bonchev–Trinajstić information content (AvgIpc) is 2.62. The number of carbonyl (C=O) groups is 1. The third-order valence-electron chi connectivity index (χ3n) is 3.80. The summed E-state index contributed by atoms with van der Waals surface area (Å²) in [7, 11) is 0. The molecule has 2 N–H and O–H groups in total. The van der Waals surface area contributed by atoms with Gasteiger partial charge in [-0.15, -0.1) is 0 Å². The maximum Gasteiger partial charge on any atom is 0.255 e. The van der Waals surface area contributed by atoms with Gasteiger partial charge in [-0.05, 0) is 26.7 Å². The summed E-state index contributed by atoms with van der Waals surface area (Å²) in [6.07, 6.45) is 8.64. The molecule has 1 amide bonds. The van der Waals surface area contributed by atoms with E-state index >= 15 is 0 Å². The lowest BCUT2D eigenvalue weighted by atomic mass is 9.96. The third kappa shape index (κ3) is 3.12. The second-order valence-corrected chi connectivity index (χ2v) is 5.32. The van der Waals surface area contributed by atoms with Gasteiger partial charge in [-0.2, -0.15) is 5.10 Å². The molecule has 0 bridgehead atoms. The van der Waals surface area contributed by atoms with Crippen LogP contribution in [-0.4, -0.2) is 22.1 Å². The lowest BCUT2D eigenvalue weighted by Gasteiger charge is -2.21. The van der Waals surface area contributed by atoms with Gasteiger partial charge in [0.2, 0.25) is 0 Å². The molecule has 1 aromatic heterocycles. The number of carbonyl (C=O) groups excluding carboxylic acids is 1. The number of nitrogens with one attached hydrogen (secondary N) is 2. The first-order valence-corrected chi connectivity index (χ1v) is 7.01. The summed E-state index contributed by atoms with van der Waals surface area (Å²) in [5.41, 5.74) is 2.36. The van der Waals surface area contributed by atoms with Crippen molar-refractivity contribution in [2.24, 2.45) is 0 Å². The van der Waals surface area contributed by atoms with Gasteiger partial charge in [0.1, 0.15) is 0 Å². The molecule has 18 heavy (non-hydrogen) atoms. The van der Waals surface area contributed by atoms with Crippen LogP contribution in [0.25, 0.3) is 0 Å². The predicted octanol–water partition coefficient (Wildman–Crippen LogP) is 2.87. The number of H-pyrrole nitrogens is 1. The fourth-order valence-electron chi connectivity index (χ4n) is 2.74. The number of hydrogen-bond donors (Lipinski definition) is 2. The molecule has 2 rings (SSSR count). The molecule has 0 aromatic carbocycles. The molecule has 1 aromatic rings. The summed E-state index contributed by atoms with van der Waals surface area (Å²) < 4.78 is 0. The van der Waals surface area contributed by atoms with Gasteiger partial charge in [0.15, 0.2) is 0 Å². The predicted molar refractivity (Wildman–Crippen MR) is 71.6 cm³/mol. The molecular formula is C14H23N3O. The Labute approximate surface area is 109 Å². The smallest absolute Gasteiger partial charge is 0.255 e. The van der Waals surface area contributed by atoms with E-state index in [1.54, 1.807) is 0 Å². The fraction of sp³-hybridized carbons (Fsp3) is 0.714. The molecule has 0 radical (unpaired) electrons. The summed E-state index contributed by atoms with van der Waals surface area (Å²) in [4.78, 5) is 12.2. The molecule has 1 heterocycles. The van der Waals surface area contributed by atoms with Crippen LogP contribution in [0.4, 0.5) is 0 Å². The number of hydrogen-bond acceptors (Lipinski definition) is 2. The highest BCUT2D eigenvalue weighted by Crippen LogP contribution is 2.18. The van der Waals surface area contributed by atoms with Gasteiger partial charge in [-0.3, -0.25) is 9.89 Å². The maximum absolute atomic E-state index is 12.2. The van der Waals surface area contributed by atoms with Gasteiger partial charge in [-0.25, -0.2) is 0 Å². The topological polar surface area (TPSA) is 57.8 Å². The van der Waals surface area contributed by atoms with E-state index in [-0.39, 0.29) is 5.91 Å². The molecule has 4 nitrogen and oxygen atoms in total. The van der Waals surface area contributed by atoms with Crippen LogP contribution in [0.5, 0.6) is 0 Å². The summed E-state index contributed by atoms with van der Waals surface area (Å²) >= 11 is 0. The van der Waals surface area contributed by atoms with Crippen molar-refractivity contribution < 1.29 is 4.79 Å². The van der Waals surface area contributed by atoms with Crippen LogP contribution < -0.4 is 5.32 Å². The van der Waals surface area contributed by atoms with Gasteiger partial charge in [0.25, 0.3) is 5.91 Å². The van der Waals surface area contributed by atoms with Crippen LogP contribution in [0.1, 0.15) is 66.7 Å². The van der Waals surface area contributed by atoms with E-state index in [4.69, 9.17) is 0 Å². The summed E-state index contributed by atoms with van der Waals surface area (Å²) in [6, 6.07) is 0.339. The van der Waals surface area contributed by atoms with Gasteiger partial charge in [0.05, 0.1) is 11.3 Å². The Hall–Kier alpha value is -1.32. The fourth-order valence-corrected chi connectivity index (χ4v) is 2.74. The van der Waals surface area contributed by atoms with Crippen molar-refractivity contribution in [2.45, 2.75) is 64.8 Å². The van der Waals surface area contributed by atoms with E-state index in [1.165, 1.54) is 32.1 Å². The highest BCUT2D eigenvalue weighted by Gasteiger charge is 2.19. The van der Waals surface area contributed by atoms with Crippen molar-refractivity contribution >= 4 is 5.91 Å². The zero-order chi connectivity index (χ0) is 13.0. The van der Waals surface area contributed by atoms with E-state index in [0.29, 0.717) is 6.04 Å². The van der Waals surface area contributed by atoms with Crippen molar-refractivity contribution in [1.82, 2.24) is 15.5 Å². The minimum Gasteiger partial charge on any atom is -0.349 e. The largest absolute Gasteiger partial charge is 0.349 e. The van der Waals surface area contributed by atoms with Crippen molar-refractivity contribution in [3.05, 3.63) is 17.0 Å². The second-order valence-electron chi connectivity index (χ2n) is 5.32. The number of rotatable bonds is 2. The lowest BCUT2D eigenvalue weighted by Crippen LogP contribution is -2.35. The van der Waals surface area contributed by atoms with Gasteiger partial charge in [-0.1, -0.05) is 32.1 Å². The Morgan fingerprint density at radius 1 is 1.17 bits per heavy atom. The number of aromatic amines is 1. The number of aromatic nitrogens is 2. The highest BCUT2D eigenvalue weighted by atomic mass is 16.1. The number of nitrogens with zero attached hydrogens (tertiary/aromatic N) is 1. The monoisotopic (exact) mass is 249 g/mol. The van der Waals surface area contributed by atoms with Crippen LogP contribution in [0.3, 0.4) is 0 Å². The first kappa shape index (κ1) is 13.1. The van der Waals surface area contributed by atoms with Gasteiger partial charge in [0, 0.05) is 11.7 Å². The first-order chi connectivity index (χ1) is 8.68. The average molecular weight is 249 g/mol. The Balaban J connectivity index is 1.97. The van der Waals surface area contributed by atoms with Crippen molar-refractivity contribution in [3.8, 4) is 0 Å². The molecule has 1 aliphatic rings. The standard InChI is InChI=1S/C14H23N3O/c1-10-13(11(2)17-16-10)14(18)15-12-8-6-4-3-5-7-9-12/h12H,3-9H2,1-2H3,(H,15,18)(H,16,17). The van der Waals surface area contributed by atoms with Crippen LogP contribution in [0.15, 0.2) is 0 Å². The Morgan fingerprint density at radius 3 is 2.33 bits per heavy atom. The molecule has 1 fully saturated rings. The molecule has 1 saturated carbocycles. The van der Waals surface area contributed by atoms with Crippen LogP contribution in [-0.2, 0) is 0 Å². The Bertz CT molecular complexity index is 384. The Kier molecular flexibility index (Phi) is 4.39. The highest BCUT2D eigenvalue weighted by molar-refractivity contribution is 5.96. The lowest BCUT2D eigenvalue weighted by molar-refractivity contribution is 0.0929. The van der Waals surface area contributed by atoms with E-state index < -0.39 is 0 Å². The van der Waals surface area contributed by atoms with E-state index in [9.17, 15) is 4.79 Å². The van der Waals surface area contributed by atoms with E-state index in [0.717, 1.165) is 29.8 Å². The molecule has 100 valence electrons. The number of aryl methyl sites for hydroxylation is 2. The summed E-state index contributed by atoms with van der Waals surface area (Å²) in [6.45, 7) is 3.77. The van der Waals surface area contributed by atoms with Gasteiger partial charge >= 0.3 is 0 Å². The quantitative estimate of drug-likeness (QED) is 0.846. The molecule has 0 saturated heterocycles. The molecule has 1 aliphatic carbocycles. The van der Waals surface area contributed by atoms with Gasteiger partial charge < -0.3 is 5.32 Å². The minimum absolute atomic E-state index is 0.0318. The third-order valence-corrected chi connectivity index (χ3v) is 3.80. The molecule has 0 spiro atoms. The van der Waals surface area contributed by atoms with E-state index in [2.05, 4.69) is 15.5 Å². The van der Waals surface area contributed by atoms with E-state index in [1.807, 2.05) is 13.8 Å². The first-order valence-electron chi connectivity index (χ1n) is 7.01. The molecular weight excluding hydrogens is 226 g/mol. The van der Waals surface area contributed by atoms with Crippen molar-refractivity contribution in [3.63, 3.8) is 0 Å². The van der Waals surface area contributed by atoms with Crippen LogP contribution in [0, 0.1) is 13.8 Å². The Morgan fingerprint density at radius 2 is 1.78 bits per heavy atom. The normalized spacial score (nSPS) is 18.1. The van der Waals surface area contributed by atoms with Crippen molar-refractivity contribution in [1.29, 1.82) is 0 Å². The van der Waals surface area contributed by atoms with Crippen LogP contribution >= 0.6 is 0 Å². The summed E-state index contributed by atoms with van der Waals surface area (Å²) in [5, 5.41) is 10.1. The zero-order valence-electron chi connectivity index (χ0n) is 11.4. The second kappa shape index (κ2) is 6.03. The minimum atomic E-state index is 0.0318. The molecule has 0 unspecified atom stereocenters. The molecule has 0 atom stereocenters.